The van der Waals surface area contributed by atoms with Gasteiger partial charge in [-0.05, 0) is 24.1 Å². The van der Waals surface area contributed by atoms with E-state index in [1.54, 1.807) is 18.6 Å². The highest BCUT2D eigenvalue weighted by Gasteiger charge is 2.12. The van der Waals surface area contributed by atoms with Gasteiger partial charge in [-0.15, -0.1) is 0 Å². The van der Waals surface area contributed by atoms with E-state index in [-0.39, 0.29) is 0 Å². The first-order valence-electron chi connectivity index (χ1n) is 6.55. The van der Waals surface area contributed by atoms with Crippen molar-refractivity contribution < 1.29 is 0 Å². The number of nitrogens with two attached hydrogens (primary N) is 1. The van der Waals surface area contributed by atoms with Crippen LogP contribution in [0.2, 0.25) is 0 Å². The number of nitrogens with one attached hydrogen (secondary N) is 2. The Bertz CT molecular complexity index is 723. The Morgan fingerprint density at radius 3 is 2.86 bits per heavy atom. The maximum atomic E-state index is 5.41. The van der Waals surface area contributed by atoms with Crippen molar-refractivity contribution in [3.8, 4) is 0 Å². The molecule has 0 aliphatic heterocycles. The van der Waals surface area contributed by atoms with Crippen LogP contribution in [0.1, 0.15) is 5.56 Å². The Kier molecular flexibility index (Phi) is 3.61. The zero-order chi connectivity index (χ0) is 14.7. The minimum absolute atomic E-state index is 0.359. The second kappa shape index (κ2) is 5.71. The van der Waals surface area contributed by atoms with E-state index in [0.717, 1.165) is 24.2 Å². The number of likely N-dealkylation sites (N-methyl/N-ethyl adjacent to an activating group) is 1. The number of pyridine rings is 1. The second-order valence-corrected chi connectivity index (χ2v) is 4.67. The molecule has 8 heteroatoms. The lowest BCUT2D eigenvalue weighted by molar-refractivity contribution is 0.860. The molecule has 0 spiro atoms. The van der Waals surface area contributed by atoms with Crippen LogP contribution in [0, 0.1) is 0 Å². The van der Waals surface area contributed by atoms with Gasteiger partial charge in [-0.1, -0.05) is 0 Å². The minimum Gasteiger partial charge on any atom is -0.359 e. The fraction of sp³-hybridized carbons (Fsp3) is 0.231. The average molecular weight is 284 g/mol. The molecule has 21 heavy (non-hydrogen) atoms. The van der Waals surface area contributed by atoms with Crippen molar-refractivity contribution in [2.75, 3.05) is 23.9 Å². The molecule has 0 aromatic carbocycles. The van der Waals surface area contributed by atoms with E-state index in [4.69, 9.17) is 5.84 Å². The molecule has 3 rings (SSSR count). The Hall–Kier alpha value is -2.74. The van der Waals surface area contributed by atoms with E-state index in [1.165, 1.54) is 5.56 Å². The zero-order valence-corrected chi connectivity index (χ0v) is 11.6. The Morgan fingerprint density at radius 1 is 1.29 bits per heavy atom. The van der Waals surface area contributed by atoms with Crippen molar-refractivity contribution in [3.63, 3.8) is 0 Å². The number of H-pyrrole nitrogens is 1. The summed E-state index contributed by atoms with van der Waals surface area (Å²) in [6.45, 7) is 0.811. The monoisotopic (exact) mass is 284 g/mol. The molecule has 4 N–H and O–H groups in total. The number of fused-ring (bicyclic) bond motifs is 1. The van der Waals surface area contributed by atoms with E-state index < -0.39 is 0 Å². The first-order chi connectivity index (χ1) is 10.3. The summed E-state index contributed by atoms with van der Waals surface area (Å²) in [6.07, 6.45) is 6.21. The molecule has 3 aromatic rings. The van der Waals surface area contributed by atoms with Gasteiger partial charge in [-0.25, -0.2) is 5.84 Å². The van der Waals surface area contributed by atoms with Crippen molar-refractivity contribution in [1.82, 2.24) is 25.1 Å². The van der Waals surface area contributed by atoms with Crippen molar-refractivity contribution >= 4 is 22.8 Å². The smallest absolute Gasteiger partial charge is 0.241 e. The number of hydrazine groups is 1. The van der Waals surface area contributed by atoms with Gasteiger partial charge in [0.2, 0.25) is 5.95 Å². The van der Waals surface area contributed by atoms with E-state index in [0.29, 0.717) is 11.6 Å². The number of anilines is 2. The summed E-state index contributed by atoms with van der Waals surface area (Å²) in [5, 5.41) is 7.71. The topological polar surface area (TPSA) is 109 Å². The lowest BCUT2D eigenvalue weighted by Gasteiger charge is -2.19. The summed E-state index contributed by atoms with van der Waals surface area (Å²) < 4.78 is 0. The fourth-order valence-corrected chi connectivity index (χ4v) is 2.13. The molecular weight excluding hydrogens is 268 g/mol. The summed E-state index contributed by atoms with van der Waals surface area (Å²) in [7, 11) is 1.98. The summed E-state index contributed by atoms with van der Waals surface area (Å²) in [4.78, 5) is 14.7. The highest BCUT2D eigenvalue weighted by Crippen LogP contribution is 2.22. The molecule has 0 aliphatic carbocycles. The van der Waals surface area contributed by atoms with Gasteiger partial charge in [0.1, 0.15) is 5.82 Å². The number of rotatable bonds is 5. The van der Waals surface area contributed by atoms with Crippen LogP contribution in [-0.4, -0.2) is 38.7 Å². The lowest BCUT2D eigenvalue weighted by atomic mass is 10.2. The van der Waals surface area contributed by atoms with Crippen molar-refractivity contribution in [2.45, 2.75) is 6.42 Å². The molecule has 0 aliphatic rings. The number of nitrogen functional groups attached to an aromatic ring is 1. The third-order valence-electron chi connectivity index (χ3n) is 3.27. The molecule has 8 nitrogen and oxygen atoms in total. The quantitative estimate of drug-likeness (QED) is 0.467. The Balaban J connectivity index is 1.83. The van der Waals surface area contributed by atoms with Gasteiger partial charge in [-0.3, -0.25) is 15.5 Å². The van der Waals surface area contributed by atoms with E-state index in [1.807, 2.05) is 19.2 Å². The van der Waals surface area contributed by atoms with Crippen LogP contribution in [-0.2, 0) is 6.42 Å². The van der Waals surface area contributed by atoms with Crippen molar-refractivity contribution in [3.05, 3.63) is 36.3 Å². The van der Waals surface area contributed by atoms with Crippen LogP contribution in [0.15, 0.2) is 30.7 Å². The van der Waals surface area contributed by atoms with Gasteiger partial charge >= 0.3 is 0 Å². The molecule has 108 valence electrons. The Morgan fingerprint density at radius 2 is 2.10 bits per heavy atom. The van der Waals surface area contributed by atoms with E-state index >= 15 is 0 Å². The van der Waals surface area contributed by atoms with Crippen LogP contribution in [0.25, 0.3) is 11.0 Å². The molecule has 0 radical (unpaired) electrons. The van der Waals surface area contributed by atoms with Gasteiger partial charge in [0.15, 0.2) is 5.65 Å². The molecule has 0 atom stereocenters. The summed E-state index contributed by atoms with van der Waals surface area (Å²) in [6, 6.07) is 4.02. The SMILES string of the molecule is CN(CCc1ccncc1)c1nc(NN)nc2[nH]ncc12. The maximum Gasteiger partial charge on any atom is 0.241 e. The molecular formula is C13H16N8. The molecule has 0 bridgehead atoms. The number of hydrogen-bond acceptors (Lipinski definition) is 7. The molecule has 3 aromatic heterocycles. The van der Waals surface area contributed by atoms with Gasteiger partial charge < -0.3 is 4.90 Å². The predicted molar refractivity (Wildman–Crippen MR) is 80.7 cm³/mol. The first-order valence-corrected chi connectivity index (χ1v) is 6.55. The van der Waals surface area contributed by atoms with Gasteiger partial charge in [0.05, 0.1) is 11.6 Å². The zero-order valence-electron chi connectivity index (χ0n) is 11.6. The lowest BCUT2D eigenvalue weighted by Crippen LogP contribution is -2.23. The standard InChI is InChI=1S/C13H16N8/c1-21(7-4-9-2-5-15-6-3-9)12-10-8-16-20-11(10)17-13(18-12)19-14/h2-3,5-6,8H,4,7,14H2,1H3,(H2,16,17,18,19,20). The number of aromatic nitrogens is 5. The maximum absolute atomic E-state index is 5.41. The molecule has 0 saturated heterocycles. The van der Waals surface area contributed by atoms with Crippen molar-refractivity contribution in [1.29, 1.82) is 0 Å². The largest absolute Gasteiger partial charge is 0.359 e. The molecule has 3 heterocycles. The predicted octanol–water partition coefficient (Wildman–Crippen LogP) is 0.712. The molecule has 0 fully saturated rings. The van der Waals surface area contributed by atoms with Crippen LogP contribution in [0.3, 0.4) is 0 Å². The van der Waals surface area contributed by atoms with E-state index in [2.05, 4.69) is 35.5 Å². The van der Waals surface area contributed by atoms with Crippen LogP contribution >= 0.6 is 0 Å². The van der Waals surface area contributed by atoms with Crippen LogP contribution < -0.4 is 16.2 Å². The summed E-state index contributed by atoms with van der Waals surface area (Å²) >= 11 is 0. The van der Waals surface area contributed by atoms with Gasteiger partial charge in [0, 0.05) is 26.0 Å². The number of aromatic amines is 1. The van der Waals surface area contributed by atoms with Crippen LogP contribution in [0.4, 0.5) is 11.8 Å². The highest BCUT2D eigenvalue weighted by atomic mass is 15.3. The average Bonchev–Trinajstić information content (AvgIpc) is 3.01. The number of nitrogens with zero attached hydrogens (tertiary/aromatic N) is 5. The Labute approximate surface area is 121 Å². The molecule has 0 amide bonds. The van der Waals surface area contributed by atoms with E-state index in [9.17, 15) is 0 Å². The van der Waals surface area contributed by atoms with Gasteiger partial charge in [0.25, 0.3) is 0 Å². The third-order valence-corrected chi connectivity index (χ3v) is 3.27. The summed E-state index contributed by atoms with van der Waals surface area (Å²) in [5.74, 6) is 6.56. The van der Waals surface area contributed by atoms with Gasteiger partial charge in [-0.2, -0.15) is 15.1 Å². The van der Waals surface area contributed by atoms with Crippen LogP contribution in [0.5, 0.6) is 0 Å². The minimum atomic E-state index is 0.359. The second-order valence-electron chi connectivity index (χ2n) is 4.67. The molecule has 0 saturated carbocycles. The third kappa shape index (κ3) is 2.75. The first kappa shape index (κ1) is 13.3. The highest BCUT2D eigenvalue weighted by molar-refractivity contribution is 5.87. The fourth-order valence-electron chi connectivity index (χ4n) is 2.13. The summed E-state index contributed by atoms with van der Waals surface area (Å²) in [5.41, 5.74) is 4.36. The number of hydrogen-bond donors (Lipinski definition) is 3. The molecule has 0 unspecified atom stereocenters. The normalized spacial score (nSPS) is 10.8. The van der Waals surface area contributed by atoms with Crippen molar-refractivity contribution in [2.24, 2.45) is 5.84 Å².